The van der Waals surface area contributed by atoms with Gasteiger partial charge in [-0.05, 0) is 18.4 Å². The van der Waals surface area contributed by atoms with Crippen molar-refractivity contribution in [3.05, 3.63) is 35.9 Å². The van der Waals surface area contributed by atoms with Crippen molar-refractivity contribution in [3.8, 4) is 0 Å². The number of carbonyl (C=O) groups is 2. The number of urea groups is 1. The Morgan fingerprint density at radius 2 is 1.95 bits per heavy atom. The maximum Gasteiger partial charge on any atom is 0.326 e. The van der Waals surface area contributed by atoms with Crippen molar-refractivity contribution in [3.63, 3.8) is 0 Å². The first-order chi connectivity index (χ1) is 10.1. The number of likely N-dealkylation sites (tertiary alicyclic amines) is 1. The van der Waals surface area contributed by atoms with Gasteiger partial charge in [0, 0.05) is 20.1 Å². The van der Waals surface area contributed by atoms with Gasteiger partial charge in [0.05, 0.1) is 0 Å². The summed E-state index contributed by atoms with van der Waals surface area (Å²) >= 11 is 0. The van der Waals surface area contributed by atoms with Gasteiger partial charge in [0.2, 0.25) is 0 Å². The molecule has 0 spiro atoms. The summed E-state index contributed by atoms with van der Waals surface area (Å²) in [5, 5.41) is 9.34. The van der Waals surface area contributed by atoms with Gasteiger partial charge < -0.3 is 14.9 Å². The lowest BCUT2D eigenvalue weighted by atomic mass is 10.1. The predicted octanol–water partition coefficient (Wildman–Crippen LogP) is 2.57. The number of rotatable bonds is 3. The average Bonchev–Trinajstić information content (AvgIpc) is 2.73. The van der Waals surface area contributed by atoms with Crippen LogP contribution in [0.1, 0.15) is 31.2 Å². The summed E-state index contributed by atoms with van der Waals surface area (Å²) in [6, 6.07) is 8.81. The second kappa shape index (κ2) is 7.11. The maximum absolute atomic E-state index is 12.6. The summed E-state index contributed by atoms with van der Waals surface area (Å²) in [6.45, 7) is 1.01. The molecule has 1 atom stereocenters. The van der Waals surface area contributed by atoms with Crippen molar-refractivity contribution in [2.45, 2.75) is 38.3 Å². The minimum absolute atomic E-state index is 0.201. The number of amides is 2. The van der Waals surface area contributed by atoms with E-state index >= 15 is 0 Å². The Labute approximate surface area is 125 Å². The molecule has 1 aliphatic heterocycles. The molecule has 21 heavy (non-hydrogen) atoms. The van der Waals surface area contributed by atoms with E-state index in [1.165, 1.54) is 4.90 Å². The van der Waals surface area contributed by atoms with Crippen molar-refractivity contribution in [1.82, 2.24) is 9.80 Å². The minimum Gasteiger partial charge on any atom is -0.480 e. The molecular weight excluding hydrogens is 268 g/mol. The molecule has 1 heterocycles. The van der Waals surface area contributed by atoms with Crippen molar-refractivity contribution in [1.29, 1.82) is 0 Å². The molecule has 0 aromatic heterocycles. The third kappa shape index (κ3) is 3.97. The molecule has 0 aliphatic carbocycles. The fourth-order valence-corrected chi connectivity index (χ4v) is 2.74. The standard InChI is InChI=1S/C16H22N2O3/c1-17(12-13-8-4-2-5-9-13)16(21)18-11-7-3-6-10-14(18)15(19)20/h2,4-5,8-9,14H,3,6-7,10-12H2,1H3,(H,19,20). The van der Waals surface area contributed by atoms with Crippen LogP contribution >= 0.6 is 0 Å². The van der Waals surface area contributed by atoms with Crippen molar-refractivity contribution in [2.24, 2.45) is 0 Å². The van der Waals surface area contributed by atoms with Crippen LogP contribution in [-0.4, -0.2) is 46.5 Å². The van der Waals surface area contributed by atoms with E-state index in [2.05, 4.69) is 0 Å². The quantitative estimate of drug-likeness (QED) is 0.930. The highest BCUT2D eigenvalue weighted by atomic mass is 16.4. The van der Waals surface area contributed by atoms with E-state index in [1.54, 1.807) is 11.9 Å². The highest BCUT2D eigenvalue weighted by Crippen LogP contribution is 2.19. The third-order valence-corrected chi connectivity index (χ3v) is 3.87. The van der Waals surface area contributed by atoms with E-state index in [0.29, 0.717) is 19.5 Å². The maximum atomic E-state index is 12.6. The van der Waals surface area contributed by atoms with Gasteiger partial charge in [-0.3, -0.25) is 0 Å². The van der Waals surface area contributed by atoms with E-state index < -0.39 is 12.0 Å². The number of benzene rings is 1. The molecule has 1 aromatic carbocycles. The number of nitrogens with zero attached hydrogens (tertiary/aromatic N) is 2. The van der Waals surface area contributed by atoms with Crippen LogP contribution in [0.2, 0.25) is 0 Å². The highest BCUT2D eigenvalue weighted by Gasteiger charge is 2.32. The first-order valence-electron chi connectivity index (χ1n) is 7.38. The van der Waals surface area contributed by atoms with Crippen LogP contribution < -0.4 is 0 Å². The molecule has 1 unspecified atom stereocenters. The number of hydrogen-bond acceptors (Lipinski definition) is 2. The summed E-state index contributed by atoms with van der Waals surface area (Å²) in [5.41, 5.74) is 1.04. The monoisotopic (exact) mass is 290 g/mol. The molecular formula is C16H22N2O3. The summed E-state index contributed by atoms with van der Waals surface area (Å²) < 4.78 is 0. The Morgan fingerprint density at radius 1 is 1.24 bits per heavy atom. The molecule has 5 nitrogen and oxygen atoms in total. The topological polar surface area (TPSA) is 60.9 Å². The lowest BCUT2D eigenvalue weighted by Gasteiger charge is -2.31. The molecule has 1 N–H and O–H groups in total. The molecule has 0 saturated carbocycles. The zero-order chi connectivity index (χ0) is 15.2. The minimum atomic E-state index is -0.904. The first-order valence-corrected chi connectivity index (χ1v) is 7.38. The Bertz CT molecular complexity index is 490. The van der Waals surface area contributed by atoms with E-state index in [0.717, 1.165) is 24.8 Å². The Balaban J connectivity index is 2.06. The largest absolute Gasteiger partial charge is 0.480 e. The summed E-state index contributed by atoms with van der Waals surface area (Å²) in [4.78, 5) is 27.1. The summed E-state index contributed by atoms with van der Waals surface area (Å²) in [7, 11) is 1.72. The van der Waals surface area contributed by atoms with Gasteiger partial charge in [0.1, 0.15) is 6.04 Å². The van der Waals surface area contributed by atoms with E-state index in [4.69, 9.17) is 0 Å². The molecule has 114 valence electrons. The van der Waals surface area contributed by atoms with Crippen molar-refractivity contribution >= 4 is 12.0 Å². The molecule has 2 amide bonds. The van der Waals surface area contributed by atoms with Crippen LogP contribution in [-0.2, 0) is 11.3 Å². The van der Waals surface area contributed by atoms with Crippen LogP contribution in [0.4, 0.5) is 4.79 Å². The smallest absolute Gasteiger partial charge is 0.326 e. The lowest BCUT2D eigenvalue weighted by molar-refractivity contribution is -0.142. The summed E-state index contributed by atoms with van der Waals surface area (Å²) in [6.07, 6.45) is 3.26. The highest BCUT2D eigenvalue weighted by molar-refractivity contribution is 5.82. The molecule has 0 radical (unpaired) electrons. The van der Waals surface area contributed by atoms with Crippen molar-refractivity contribution in [2.75, 3.05) is 13.6 Å². The normalized spacial score (nSPS) is 18.9. The molecule has 1 aliphatic rings. The molecule has 1 saturated heterocycles. The van der Waals surface area contributed by atoms with Crippen LogP contribution in [0.25, 0.3) is 0 Å². The molecule has 1 aromatic rings. The third-order valence-electron chi connectivity index (χ3n) is 3.87. The lowest BCUT2D eigenvalue weighted by Crippen LogP contribution is -2.49. The van der Waals surface area contributed by atoms with Gasteiger partial charge in [0.15, 0.2) is 0 Å². The average molecular weight is 290 g/mol. The van der Waals surface area contributed by atoms with Crippen LogP contribution in [0.5, 0.6) is 0 Å². The number of carboxylic acids is 1. The first kappa shape index (κ1) is 15.4. The number of carbonyl (C=O) groups excluding carboxylic acids is 1. The van der Waals surface area contributed by atoms with E-state index in [1.807, 2.05) is 30.3 Å². The van der Waals surface area contributed by atoms with Gasteiger partial charge >= 0.3 is 12.0 Å². The molecule has 1 fully saturated rings. The van der Waals surface area contributed by atoms with E-state index in [9.17, 15) is 14.7 Å². The van der Waals surface area contributed by atoms with Gasteiger partial charge in [-0.15, -0.1) is 0 Å². The van der Waals surface area contributed by atoms with Crippen LogP contribution in [0.3, 0.4) is 0 Å². The molecule has 0 bridgehead atoms. The van der Waals surface area contributed by atoms with Gasteiger partial charge in [-0.1, -0.05) is 43.2 Å². The number of carboxylic acid groups (broad SMARTS) is 1. The molecule has 2 rings (SSSR count). The fourth-order valence-electron chi connectivity index (χ4n) is 2.74. The molecule has 5 heteroatoms. The Morgan fingerprint density at radius 3 is 2.62 bits per heavy atom. The SMILES string of the molecule is CN(Cc1ccccc1)C(=O)N1CCCCCC1C(=O)O. The van der Waals surface area contributed by atoms with Gasteiger partial charge in [-0.25, -0.2) is 9.59 Å². The second-order valence-electron chi connectivity index (χ2n) is 5.52. The second-order valence-corrected chi connectivity index (χ2v) is 5.52. The Kier molecular flexibility index (Phi) is 5.20. The zero-order valence-electron chi connectivity index (χ0n) is 12.4. The van der Waals surface area contributed by atoms with Crippen LogP contribution in [0, 0.1) is 0 Å². The zero-order valence-corrected chi connectivity index (χ0v) is 12.4. The fraction of sp³-hybridized carbons (Fsp3) is 0.500. The summed E-state index contributed by atoms with van der Waals surface area (Å²) in [5.74, 6) is -0.904. The van der Waals surface area contributed by atoms with Gasteiger partial charge in [0.25, 0.3) is 0 Å². The van der Waals surface area contributed by atoms with Gasteiger partial charge in [-0.2, -0.15) is 0 Å². The Hall–Kier alpha value is -2.04. The van der Waals surface area contributed by atoms with Crippen molar-refractivity contribution < 1.29 is 14.7 Å². The van der Waals surface area contributed by atoms with Crippen LogP contribution in [0.15, 0.2) is 30.3 Å². The number of aliphatic carboxylic acids is 1. The van der Waals surface area contributed by atoms with E-state index in [-0.39, 0.29) is 6.03 Å². The predicted molar refractivity (Wildman–Crippen MR) is 79.9 cm³/mol. The number of hydrogen-bond donors (Lipinski definition) is 1.